The number of nitrogens with zero attached hydrogens (tertiary/aromatic N) is 4. The summed E-state index contributed by atoms with van der Waals surface area (Å²) in [5, 5.41) is 9.19. The lowest BCUT2D eigenvalue weighted by Crippen LogP contribution is -2.90. The first-order chi connectivity index (χ1) is 21.8. The molecule has 3 aliphatic rings. The lowest BCUT2D eigenvalue weighted by molar-refractivity contribution is -0.662. The number of nitrogens with one attached hydrogen (secondary N) is 1. The molecule has 2 aliphatic heterocycles. The number of rotatable bonds is 11. The van der Waals surface area contributed by atoms with Gasteiger partial charge in [0.1, 0.15) is 11.5 Å². The fourth-order valence-corrected chi connectivity index (χ4v) is 6.58. The van der Waals surface area contributed by atoms with Crippen LogP contribution in [-0.4, -0.2) is 89.3 Å². The number of aromatic nitrogens is 2. The van der Waals surface area contributed by atoms with E-state index in [1.165, 1.54) is 0 Å². The van der Waals surface area contributed by atoms with Gasteiger partial charge in [0, 0.05) is 54.8 Å². The molecule has 10 heteroatoms. The Balaban J connectivity index is 1.14. The average Bonchev–Trinajstić information content (AvgIpc) is 3.75. The van der Waals surface area contributed by atoms with Gasteiger partial charge in [-0.05, 0) is 70.2 Å². The third-order valence-electron chi connectivity index (χ3n) is 9.14. The first kappa shape index (κ1) is 31.0. The summed E-state index contributed by atoms with van der Waals surface area (Å²) in [5.74, 6) is 1.65. The number of hydrogen-bond acceptors (Lipinski definition) is 6. The summed E-state index contributed by atoms with van der Waals surface area (Å²) in [6, 6.07) is 14.5. The van der Waals surface area contributed by atoms with Crippen LogP contribution in [0, 0.1) is 5.92 Å². The highest BCUT2D eigenvalue weighted by Gasteiger charge is 2.38. The van der Waals surface area contributed by atoms with Crippen molar-refractivity contribution in [3.63, 3.8) is 0 Å². The van der Waals surface area contributed by atoms with E-state index in [2.05, 4.69) is 49.6 Å². The van der Waals surface area contributed by atoms with Gasteiger partial charge in [-0.1, -0.05) is 18.2 Å². The van der Waals surface area contributed by atoms with Crippen LogP contribution in [0.15, 0.2) is 54.9 Å². The molecule has 2 amide bonds. The average molecular weight is 616 g/mol. The molecule has 0 spiro atoms. The van der Waals surface area contributed by atoms with E-state index in [-0.39, 0.29) is 23.8 Å². The molecule has 3 heterocycles. The summed E-state index contributed by atoms with van der Waals surface area (Å²) in [5.41, 5.74) is 3.13. The third-order valence-corrected chi connectivity index (χ3v) is 9.14. The molecule has 3 N–H and O–H groups in total. The van der Waals surface area contributed by atoms with Crippen molar-refractivity contribution in [2.24, 2.45) is 5.92 Å². The van der Waals surface area contributed by atoms with Crippen LogP contribution < -0.4 is 19.7 Å². The molecule has 6 rings (SSSR count). The van der Waals surface area contributed by atoms with Crippen LogP contribution in [0.25, 0.3) is 11.1 Å². The second kappa shape index (κ2) is 13.5. The summed E-state index contributed by atoms with van der Waals surface area (Å²) in [7, 11) is 0. The van der Waals surface area contributed by atoms with Gasteiger partial charge >= 0.3 is 0 Å². The zero-order valence-corrected chi connectivity index (χ0v) is 26.8. The quantitative estimate of drug-likeness (QED) is 0.342. The van der Waals surface area contributed by atoms with E-state index in [4.69, 9.17) is 9.47 Å². The van der Waals surface area contributed by atoms with Crippen LogP contribution in [0.2, 0.25) is 0 Å². The van der Waals surface area contributed by atoms with Gasteiger partial charge in [-0.25, -0.2) is 0 Å². The topological polar surface area (TPSA) is 108 Å². The van der Waals surface area contributed by atoms with Crippen LogP contribution in [-0.2, 0) is 16.1 Å². The zero-order valence-electron chi connectivity index (χ0n) is 26.8. The number of carbonyl (C=O) groups excluding carboxylic acids is 2. The van der Waals surface area contributed by atoms with Crippen molar-refractivity contribution in [3.8, 4) is 22.6 Å². The zero-order chi connectivity index (χ0) is 31.4. The highest BCUT2D eigenvalue weighted by molar-refractivity contribution is 5.85. The van der Waals surface area contributed by atoms with E-state index in [1.54, 1.807) is 6.20 Å². The number of hydrogen-bond donors (Lipinski definition) is 2. The van der Waals surface area contributed by atoms with E-state index in [0.29, 0.717) is 25.4 Å². The van der Waals surface area contributed by atoms with E-state index in [1.807, 2.05) is 50.1 Å². The standard InChI is InChI=1S/C35H46N6O4/c1-4-44-32-19-25(28-21-37-38-22-28)10-11-26(32)24-41(29-12-13-29)33(42)27-7-6-16-40(23-27)30-8-5-9-31(20-30)45-35(2,3)34(43)39-17-14-36-15-18-39/h5,8-11,19-22,27,29,36H,4,6-7,12-18,23-24H2,1-3H3,(H,37,38)/p+1/t27-/m1/s1. The number of piperidine rings is 1. The molecule has 1 aromatic heterocycles. The molecule has 0 bridgehead atoms. The summed E-state index contributed by atoms with van der Waals surface area (Å²) < 4.78 is 12.4. The van der Waals surface area contributed by atoms with Gasteiger partial charge in [0.05, 0.1) is 44.9 Å². The molecular formula is C35H47N6O4+. The number of carbonyl (C=O) groups is 2. The summed E-state index contributed by atoms with van der Waals surface area (Å²) in [6.07, 6.45) is 7.58. The summed E-state index contributed by atoms with van der Waals surface area (Å²) >= 11 is 0. The van der Waals surface area contributed by atoms with Crippen LogP contribution >= 0.6 is 0 Å². The highest BCUT2D eigenvalue weighted by atomic mass is 16.5. The molecule has 3 fully saturated rings. The van der Waals surface area contributed by atoms with Crippen LogP contribution in [0.5, 0.6) is 11.5 Å². The van der Waals surface area contributed by atoms with Crippen molar-refractivity contribution in [2.45, 2.75) is 64.6 Å². The second-order valence-electron chi connectivity index (χ2n) is 13.0. The van der Waals surface area contributed by atoms with Crippen LogP contribution in [0.4, 0.5) is 5.69 Å². The number of piperazine rings is 1. The van der Waals surface area contributed by atoms with E-state index in [0.717, 1.165) is 86.5 Å². The van der Waals surface area contributed by atoms with Gasteiger partial charge in [-0.15, -0.1) is 0 Å². The lowest BCUT2D eigenvalue weighted by atomic mass is 9.95. The van der Waals surface area contributed by atoms with Crippen molar-refractivity contribution >= 4 is 17.5 Å². The Morgan fingerprint density at radius 3 is 2.62 bits per heavy atom. The van der Waals surface area contributed by atoms with Gasteiger partial charge in [0.25, 0.3) is 5.91 Å². The molecule has 1 atom stereocenters. The molecule has 1 saturated carbocycles. The first-order valence-corrected chi connectivity index (χ1v) is 16.5. The highest BCUT2D eigenvalue weighted by Crippen LogP contribution is 2.36. The number of benzene rings is 2. The van der Waals surface area contributed by atoms with Gasteiger partial charge in [0.2, 0.25) is 5.91 Å². The Hall–Kier alpha value is -4.05. The fraction of sp³-hybridized carbons (Fsp3) is 0.514. The maximum absolute atomic E-state index is 14.1. The lowest BCUT2D eigenvalue weighted by Gasteiger charge is -2.37. The van der Waals surface area contributed by atoms with E-state index >= 15 is 0 Å². The number of ether oxygens (including phenoxy) is 2. The van der Waals surface area contributed by atoms with Gasteiger partial charge in [-0.3, -0.25) is 14.7 Å². The maximum atomic E-state index is 14.1. The molecule has 2 saturated heterocycles. The SMILES string of the molecule is CCOc1cc(-c2cn[nH]c2)ccc1CN(C(=O)[C@@H]1CCCN(c2cccc(OC(C)(C)C(=O)N3CC[NH2+]CC3)c2)C1)C1CC1. The Morgan fingerprint density at radius 1 is 1.07 bits per heavy atom. The minimum atomic E-state index is -0.960. The van der Waals surface area contributed by atoms with Gasteiger partial charge in [-0.2, -0.15) is 5.10 Å². The normalized spacial score (nSPS) is 18.9. The van der Waals surface area contributed by atoms with E-state index < -0.39 is 5.60 Å². The van der Waals surface area contributed by atoms with Crippen molar-refractivity contribution in [1.29, 1.82) is 0 Å². The van der Waals surface area contributed by atoms with Crippen molar-refractivity contribution in [1.82, 2.24) is 20.0 Å². The number of aromatic amines is 1. The molecule has 10 nitrogen and oxygen atoms in total. The molecule has 0 radical (unpaired) electrons. The van der Waals surface area contributed by atoms with Crippen LogP contribution in [0.3, 0.4) is 0 Å². The number of H-pyrrole nitrogens is 1. The van der Waals surface area contributed by atoms with Gasteiger partial charge < -0.3 is 29.5 Å². The minimum absolute atomic E-state index is 0.0217. The smallest absolute Gasteiger partial charge is 0.266 e. The molecular weight excluding hydrogens is 568 g/mol. The molecule has 3 aromatic rings. The Bertz CT molecular complexity index is 1460. The molecule has 1 aliphatic carbocycles. The molecule has 0 unspecified atom stereocenters. The largest absolute Gasteiger partial charge is 0.494 e. The van der Waals surface area contributed by atoms with Crippen molar-refractivity contribution < 1.29 is 24.4 Å². The predicted octanol–water partition coefficient (Wildman–Crippen LogP) is 3.45. The minimum Gasteiger partial charge on any atom is -0.494 e. The second-order valence-corrected chi connectivity index (χ2v) is 13.0. The number of nitrogens with two attached hydrogens (primary N) is 1. The monoisotopic (exact) mass is 615 g/mol. The molecule has 45 heavy (non-hydrogen) atoms. The Labute approximate surface area is 266 Å². The van der Waals surface area contributed by atoms with Crippen molar-refractivity contribution in [2.75, 3.05) is 50.8 Å². The van der Waals surface area contributed by atoms with Crippen molar-refractivity contribution in [3.05, 3.63) is 60.4 Å². The fourth-order valence-electron chi connectivity index (χ4n) is 6.58. The number of amides is 2. The van der Waals surface area contributed by atoms with Crippen LogP contribution in [0.1, 0.15) is 52.0 Å². The number of quaternary nitrogens is 1. The third kappa shape index (κ3) is 7.27. The molecule has 240 valence electrons. The Morgan fingerprint density at radius 2 is 1.89 bits per heavy atom. The number of anilines is 1. The maximum Gasteiger partial charge on any atom is 0.266 e. The predicted molar refractivity (Wildman–Crippen MR) is 173 cm³/mol. The summed E-state index contributed by atoms with van der Waals surface area (Å²) in [6.45, 7) is 11.7. The van der Waals surface area contributed by atoms with E-state index in [9.17, 15) is 9.59 Å². The summed E-state index contributed by atoms with van der Waals surface area (Å²) in [4.78, 5) is 33.7. The Kier molecular flexibility index (Phi) is 9.30. The van der Waals surface area contributed by atoms with Gasteiger partial charge in [0.15, 0.2) is 5.60 Å². The first-order valence-electron chi connectivity index (χ1n) is 16.5. The molecule has 2 aromatic carbocycles.